The molecule has 136 valence electrons. The largest absolute Gasteiger partial charge is 0.276 e. The van der Waals surface area contributed by atoms with Crippen LogP contribution in [-0.4, -0.2) is 32.9 Å². The highest BCUT2D eigenvalue weighted by molar-refractivity contribution is 7.93. The van der Waals surface area contributed by atoms with Crippen molar-refractivity contribution in [1.29, 1.82) is 0 Å². The summed E-state index contributed by atoms with van der Waals surface area (Å²) in [5.41, 5.74) is 1.33. The molecule has 0 amide bonds. The number of nitrogens with zero attached hydrogens (tertiary/aromatic N) is 2. The fraction of sp³-hybridized carbons (Fsp3) is 0.118. The smallest absolute Gasteiger partial charge is 0.262 e. The Balaban J connectivity index is 1.80. The zero-order valence-electron chi connectivity index (χ0n) is 13.9. The maximum atomic E-state index is 12.5. The Hall–Kier alpha value is -2.65. The standard InChI is InChI=1S/C17H17N3O4S2/c1-25(21,22)16-8-5-9-17(10-16)26(23,24)19-15-11-18-20(13-15)12-14-6-3-2-4-7-14/h2-11,13,19H,12H2,1H3. The summed E-state index contributed by atoms with van der Waals surface area (Å²) in [6, 6.07) is 14.9. The average Bonchev–Trinajstić information content (AvgIpc) is 3.01. The van der Waals surface area contributed by atoms with Crippen molar-refractivity contribution in [2.24, 2.45) is 0 Å². The van der Waals surface area contributed by atoms with Crippen molar-refractivity contribution in [3.8, 4) is 0 Å². The zero-order valence-corrected chi connectivity index (χ0v) is 15.5. The number of rotatable bonds is 6. The SMILES string of the molecule is CS(=O)(=O)c1cccc(S(=O)(=O)Nc2cnn(Cc3ccccc3)c2)c1. The average molecular weight is 391 g/mol. The summed E-state index contributed by atoms with van der Waals surface area (Å²) in [7, 11) is -7.42. The van der Waals surface area contributed by atoms with E-state index in [0.717, 1.165) is 17.9 Å². The van der Waals surface area contributed by atoms with Gasteiger partial charge in [-0.1, -0.05) is 36.4 Å². The van der Waals surface area contributed by atoms with Gasteiger partial charge in [0.05, 0.1) is 28.2 Å². The van der Waals surface area contributed by atoms with Gasteiger partial charge in [0.15, 0.2) is 9.84 Å². The summed E-state index contributed by atoms with van der Waals surface area (Å²) in [5, 5.41) is 4.14. The van der Waals surface area contributed by atoms with Crippen LogP contribution in [-0.2, 0) is 26.4 Å². The van der Waals surface area contributed by atoms with E-state index in [-0.39, 0.29) is 9.79 Å². The molecule has 9 heteroatoms. The first-order valence-corrected chi connectivity index (χ1v) is 11.0. The molecule has 0 fully saturated rings. The van der Waals surface area contributed by atoms with Crippen LogP contribution in [0.4, 0.5) is 5.69 Å². The fourth-order valence-electron chi connectivity index (χ4n) is 2.36. The quantitative estimate of drug-likeness (QED) is 0.694. The first-order chi connectivity index (χ1) is 12.2. The Morgan fingerprint density at radius 2 is 1.65 bits per heavy atom. The van der Waals surface area contributed by atoms with E-state index in [1.54, 1.807) is 10.9 Å². The molecule has 0 radical (unpaired) electrons. The predicted molar refractivity (Wildman–Crippen MR) is 98.1 cm³/mol. The lowest BCUT2D eigenvalue weighted by atomic mass is 10.2. The minimum absolute atomic E-state index is 0.0554. The molecule has 0 spiro atoms. The lowest BCUT2D eigenvalue weighted by Gasteiger charge is -2.07. The van der Waals surface area contributed by atoms with E-state index in [1.807, 2.05) is 30.3 Å². The summed E-state index contributed by atoms with van der Waals surface area (Å²) >= 11 is 0. The number of nitrogens with one attached hydrogen (secondary N) is 1. The number of sulfone groups is 1. The van der Waals surface area contributed by atoms with Crippen LogP contribution >= 0.6 is 0 Å². The maximum absolute atomic E-state index is 12.5. The second kappa shape index (κ2) is 6.93. The first-order valence-electron chi connectivity index (χ1n) is 7.63. The molecule has 0 aliphatic carbocycles. The monoisotopic (exact) mass is 391 g/mol. The van der Waals surface area contributed by atoms with Gasteiger partial charge in [-0.2, -0.15) is 5.10 Å². The van der Waals surface area contributed by atoms with Crippen LogP contribution in [0.3, 0.4) is 0 Å². The molecule has 2 aromatic carbocycles. The molecule has 3 rings (SSSR count). The highest BCUT2D eigenvalue weighted by Crippen LogP contribution is 2.19. The molecule has 7 nitrogen and oxygen atoms in total. The third kappa shape index (κ3) is 4.30. The lowest BCUT2D eigenvalue weighted by molar-refractivity contribution is 0.599. The second-order valence-corrected chi connectivity index (χ2v) is 9.46. The van der Waals surface area contributed by atoms with Crippen LogP contribution in [0.1, 0.15) is 5.56 Å². The molecule has 0 unspecified atom stereocenters. The minimum atomic E-state index is -3.92. The Labute approximate surface area is 152 Å². The molecule has 0 atom stereocenters. The molecule has 3 aromatic rings. The summed E-state index contributed by atoms with van der Waals surface area (Å²) < 4.78 is 52.3. The fourth-order valence-corrected chi connectivity index (χ4v) is 4.17. The first kappa shape index (κ1) is 18.2. The highest BCUT2D eigenvalue weighted by Gasteiger charge is 2.18. The molecular formula is C17H17N3O4S2. The van der Waals surface area contributed by atoms with Crippen molar-refractivity contribution < 1.29 is 16.8 Å². The Morgan fingerprint density at radius 3 is 2.35 bits per heavy atom. The predicted octanol–water partition coefficient (Wildman–Crippen LogP) is 2.14. The number of aromatic nitrogens is 2. The van der Waals surface area contributed by atoms with Gasteiger partial charge in [0.2, 0.25) is 0 Å². The number of anilines is 1. The van der Waals surface area contributed by atoms with E-state index in [2.05, 4.69) is 9.82 Å². The topological polar surface area (TPSA) is 98.1 Å². The van der Waals surface area contributed by atoms with Crippen LogP contribution in [0.25, 0.3) is 0 Å². The summed E-state index contributed by atoms with van der Waals surface area (Å²) in [6.07, 6.45) is 4.01. The molecule has 0 saturated heterocycles. The van der Waals surface area contributed by atoms with E-state index in [4.69, 9.17) is 0 Å². The van der Waals surface area contributed by atoms with Crippen molar-refractivity contribution in [2.75, 3.05) is 11.0 Å². The Morgan fingerprint density at radius 1 is 0.962 bits per heavy atom. The Bertz CT molecular complexity index is 1120. The van der Waals surface area contributed by atoms with Crippen molar-refractivity contribution >= 4 is 25.5 Å². The van der Waals surface area contributed by atoms with Crippen LogP contribution in [0.15, 0.2) is 76.8 Å². The van der Waals surface area contributed by atoms with Gasteiger partial charge in [-0.25, -0.2) is 16.8 Å². The van der Waals surface area contributed by atoms with E-state index in [1.165, 1.54) is 24.4 Å². The van der Waals surface area contributed by atoms with E-state index >= 15 is 0 Å². The molecule has 0 aliphatic rings. The van der Waals surface area contributed by atoms with E-state index in [0.29, 0.717) is 12.2 Å². The van der Waals surface area contributed by atoms with Gasteiger partial charge in [0, 0.05) is 12.5 Å². The van der Waals surface area contributed by atoms with Crippen LogP contribution in [0.2, 0.25) is 0 Å². The van der Waals surface area contributed by atoms with Gasteiger partial charge in [-0.15, -0.1) is 0 Å². The summed E-state index contributed by atoms with van der Waals surface area (Å²) in [5.74, 6) is 0. The number of sulfonamides is 1. The van der Waals surface area contributed by atoms with Gasteiger partial charge in [-0.3, -0.25) is 9.40 Å². The second-order valence-electron chi connectivity index (χ2n) is 5.76. The van der Waals surface area contributed by atoms with Gasteiger partial charge in [-0.05, 0) is 23.8 Å². The van der Waals surface area contributed by atoms with E-state index < -0.39 is 19.9 Å². The van der Waals surface area contributed by atoms with Gasteiger partial charge >= 0.3 is 0 Å². The molecule has 0 bridgehead atoms. The molecule has 1 N–H and O–H groups in total. The van der Waals surface area contributed by atoms with Gasteiger partial charge < -0.3 is 0 Å². The molecule has 1 heterocycles. The maximum Gasteiger partial charge on any atom is 0.262 e. The molecular weight excluding hydrogens is 374 g/mol. The van der Waals surface area contributed by atoms with Crippen molar-refractivity contribution in [3.05, 3.63) is 72.6 Å². The van der Waals surface area contributed by atoms with Crippen molar-refractivity contribution in [2.45, 2.75) is 16.3 Å². The van der Waals surface area contributed by atoms with E-state index in [9.17, 15) is 16.8 Å². The van der Waals surface area contributed by atoms with Crippen LogP contribution < -0.4 is 4.72 Å². The highest BCUT2D eigenvalue weighted by atomic mass is 32.2. The third-order valence-corrected chi connectivity index (χ3v) is 6.11. The Kier molecular flexibility index (Phi) is 4.84. The normalized spacial score (nSPS) is 12.0. The minimum Gasteiger partial charge on any atom is -0.276 e. The number of hydrogen-bond donors (Lipinski definition) is 1. The molecule has 1 aromatic heterocycles. The van der Waals surface area contributed by atoms with Crippen LogP contribution in [0.5, 0.6) is 0 Å². The molecule has 26 heavy (non-hydrogen) atoms. The number of benzene rings is 2. The molecule has 0 saturated carbocycles. The molecule has 0 aliphatic heterocycles. The zero-order chi connectivity index (χ0) is 18.8. The van der Waals surface area contributed by atoms with Crippen molar-refractivity contribution in [1.82, 2.24) is 9.78 Å². The lowest BCUT2D eigenvalue weighted by Crippen LogP contribution is -2.13. The third-order valence-electron chi connectivity index (χ3n) is 3.62. The van der Waals surface area contributed by atoms with Crippen LogP contribution in [0, 0.1) is 0 Å². The summed E-state index contributed by atoms with van der Waals surface area (Å²) in [4.78, 5) is -0.184. The number of hydrogen-bond acceptors (Lipinski definition) is 5. The van der Waals surface area contributed by atoms with Crippen molar-refractivity contribution in [3.63, 3.8) is 0 Å². The summed E-state index contributed by atoms with van der Waals surface area (Å²) in [6.45, 7) is 0.506. The van der Waals surface area contributed by atoms with Gasteiger partial charge in [0.1, 0.15) is 0 Å². The van der Waals surface area contributed by atoms with Gasteiger partial charge in [0.25, 0.3) is 10.0 Å².